The number of hydrogen-bond donors (Lipinski definition) is 3. The normalized spacial score (nSPS) is 38.4. The first-order valence-corrected chi connectivity index (χ1v) is 5.76. The smallest absolute Gasteiger partial charge is 0.187 e. The zero-order valence-electron chi connectivity index (χ0n) is 10.2. The third-order valence-corrected chi connectivity index (χ3v) is 2.64. The van der Waals surface area contributed by atoms with E-state index in [1.165, 1.54) is 0 Å². The summed E-state index contributed by atoms with van der Waals surface area (Å²) in [6.45, 7) is 5.11. The second kappa shape index (κ2) is 5.88. The number of hydrogen-bond acceptors (Lipinski definition) is 6. The molecule has 0 bridgehead atoms. The molecule has 0 aliphatic carbocycles. The van der Waals surface area contributed by atoms with E-state index >= 15 is 0 Å². The van der Waals surface area contributed by atoms with E-state index in [1.54, 1.807) is 20.8 Å². The lowest BCUT2D eigenvalue weighted by Gasteiger charge is -2.40. The predicted octanol–water partition coefficient (Wildman–Crippen LogP) is -0.802. The first-order chi connectivity index (χ1) is 7.88. The Bertz CT molecular complexity index is 267. The van der Waals surface area contributed by atoms with Crippen LogP contribution in [0, 0.1) is 0 Å². The highest BCUT2D eigenvalue weighted by molar-refractivity contribution is 5.83. The lowest BCUT2D eigenvalue weighted by Crippen LogP contribution is -2.60. The lowest BCUT2D eigenvalue weighted by molar-refractivity contribution is -0.298. The summed E-state index contributed by atoms with van der Waals surface area (Å²) in [5.74, 6) is -0.333. The molecular formula is C11H20O6. The Hall–Kier alpha value is -0.530. The van der Waals surface area contributed by atoms with Crippen molar-refractivity contribution < 1.29 is 29.6 Å². The highest BCUT2D eigenvalue weighted by Gasteiger charge is 2.46. The topological polar surface area (TPSA) is 96.2 Å². The summed E-state index contributed by atoms with van der Waals surface area (Å²) in [6, 6.07) is 0. The molecule has 1 rings (SSSR count). The van der Waals surface area contributed by atoms with Crippen molar-refractivity contribution in [1.29, 1.82) is 0 Å². The van der Waals surface area contributed by atoms with Gasteiger partial charge in [0.1, 0.15) is 24.4 Å². The molecule has 6 nitrogen and oxygen atoms in total. The van der Waals surface area contributed by atoms with E-state index in [0.29, 0.717) is 0 Å². The van der Waals surface area contributed by atoms with Crippen LogP contribution in [-0.4, -0.2) is 57.9 Å². The summed E-state index contributed by atoms with van der Waals surface area (Å²) >= 11 is 0. The van der Waals surface area contributed by atoms with Crippen LogP contribution >= 0.6 is 0 Å². The average molecular weight is 248 g/mol. The fourth-order valence-electron chi connectivity index (χ4n) is 1.70. The van der Waals surface area contributed by atoms with Crippen LogP contribution in [0.4, 0.5) is 0 Å². The van der Waals surface area contributed by atoms with Gasteiger partial charge in [0.05, 0.1) is 6.10 Å². The first-order valence-electron chi connectivity index (χ1n) is 5.76. The van der Waals surface area contributed by atoms with Crippen molar-refractivity contribution in [2.24, 2.45) is 0 Å². The van der Waals surface area contributed by atoms with Gasteiger partial charge in [-0.25, -0.2) is 0 Å². The number of aliphatic hydroxyl groups excluding tert-OH is 3. The van der Waals surface area contributed by atoms with Crippen molar-refractivity contribution in [3.8, 4) is 0 Å². The average Bonchev–Trinajstić information content (AvgIpc) is 2.28. The molecule has 0 saturated carbocycles. The SMILES string of the molecule is CCC(=O)C1OC(OC(C)C)C(O)C(O)C1O. The molecular weight excluding hydrogens is 228 g/mol. The molecule has 5 atom stereocenters. The summed E-state index contributed by atoms with van der Waals surface area (Å²) in [5.41, 5.74) is 0. The Morgan fingerprint density at radius 3 is 2.29 bits per heavy atom. The Labute approximate surface area is 100 Å². The predicted molar refractivity (Wildman–Crippen MR) is 58.2 cm³/mol. The van der Waals surface area contributed by atoms with E-state index in [2.05, 4.69) is 0 Å². The van der Waals surface area contributed by atoms with Crippen LogP contribution in [0.5, 0.6) is 0 Å². The van der Waals surface area contributed by atoms with Gasteiger partial charge in [0.25, 0.3) is 0 Å². The summed E-state index contributed by atoms with van der Waals surface area (Å²) in [7, 11) is 0. The minimum atomic E-state index is -1.45. The number of ether oxygens (including phenoxy) is 2. The third-order valence-electron chi connectivity index (χ3n) is 2.64. The van der Waals surface area contributed by atoms with Crippen LogP contribution in [0.1, 0.15) is 27.2 Å². The second-order valence-electron chi connectivity index (χ2n) is 4.40. The van der Waals surface area contributed by atoms with Gasteiger partial charge < -0.3 is 24.8 Å². The minimum absolute atomic E-state index is 0.180. The van der Waals surface area contributed by atoms with Gasteiger partial charge in [0, 0.05) is 6.42 Å². The second-order valence-corrected chi connectivity index (χ2v) is 4.40. The lowest BCUT2D eigenvalue weighted by atomic mass is 9.95. The van der Waals surface area contributed by atoms with Crippen LogP contribution in [0.2, 0.25) is 0 Å². The van der Waals surface area contributed by atoms with E-state index < -0.39 is 30.7 Å². The van der Waals surface area contributed by atoms with Crippen LogP contribution in [-0.2, 0) is 14.3 Å². The molecule has 0 aromatic rings. The number of carbonyl (C=O) groups excluding carboxylic acids is 1. The molecule has 100 valence electrons. The maximum atomic E-state index is 11.5. The Kier molecular flexibility index (Phi) is 5.03. The van der Waals surface area contributed by atoms with Crippen molar-refractivity contribution in [3.05, 3.63) is 0 Å². The molecule has 6 heteroatoms. The number of rotatable bonds is 4. The van der Waals surface area contributed by atoms with Gasteiger partial charge in [0.2, 0.25) is 0 Å². The van der Waals surface area contributed by atoms with E-state index in [4.69, 9.17) is 9.47 Å². The molecule has 0 aromatic heterocycles. The molecule has 0 radical (unpaired) electrons. The Morgan fingerprint density at radius 1 is 1.24 bits per heavy atom. The molecule has 1 fully saturated rings. The van der Waals surface area contributed by atoms with Crippen LogP contribution in [0.15, 0.2) is 0 Å². The molecule has 0 amide bonds. The molecule has 1 heterocycles. The minimum Gasteiger partial charge on any atom is -0.387 e. The molecule has 0 spiro atoms. The van der Waals surface area contributed by atoms with E-state index in [0.717, 1.165) is 0 Å². The highest BCUT2D eigenvalue weighted by Crippen LogP contribution is 2.24. The zero-order valence-corrected chi connectivity index (χ0v) is 10.2. The fraction of sp³-hybridized carbons (Fsp3) is 0.909. The van der Waals surface area contributed by atoms with Gasteiger partial charge in [-0.2, -0.15) is 0 Å². The summed E-state index contributed by atoms with van der Waals surface area (Å²) < 4.78 is 10.5. The van der Waals surface area contributed by atoms with Crippen molar-refractivity contribution >= 4 is 5.78 Å². The number of aliphatic hydroxyl groups is 3. The number of ketones is 1. The molecule has 1 aliphatic rings. The van der Waals surface area contributed by atoms with Gasteiger partial charge in [-0.3, -0.25) is 4.79 Å². The van der Waals surface area contributed by atoms with Crippen molar-refractivity contribution in [2.45, 2.75) is 64.0 Å². The molecule has 1 saturated heterocycles. The van der Waals surface area contributed by atoms with E-state index in [9.17, 15) is 20.1 Å². The number of Topliss-reactive ketones (excluding diaryl/α,β-unsaturated/α-hetero) is 1. The van der Waals surface area contributed by atoms with Gasteiger partial charge in [-0.1, -0.05) is 6.92 Å². The van der Waals surface area contributed by atoms with E-state index in [-0.39, 0.29) is 18.3 Å². The van der Waals surface area contributed by atoms with Crippen LogP contribution in [0.3, 0.4) is 0 Å². The standard InChI is InChI=1S/C11H20O6/c1-4-6(12)10-8(14)7(13)9(15)11(17-10)16-5(2)3/h5,7-11,13-15H,4H2,1-3H3. The molecule has 17 heavy (non-hydrogen) atoms. The fourth-order valence-corrected chi connectivity index (χ4v) is 1.70. The molecule has 1 aliphatic heterocycles. The monoisotopic (exact) mass is 248 g/mol. The van der Waals surface area contributed by atoms with E-state index in [1.807, 2.05) is 0 Å². The highest BCUT2D eigenvalue weighted by atomic mass is 16.7. The quantitative estimate of drug-likeness (QED) is 0.602. The van der Waals surface area contributed by atoms with Crippen molar-refractivity contribution in [3.63, 3.8) is 0 Å². The maximum Gasteiger partial charge on any atom is 0.187 e. The van der Waals surface area contributed by atoms with Crippen molar-refractivity contribution in [1.82, 2.24) is 0 Å². The summed E-state index contributed by atoms with van der Waals surface area (Å²) in [5, 5.41) is 28.9. The Morgan fingerprint density at radius 2 is 1.82 bits per heavy atom. The molecule has 5 unspecified atom stereocenters. The third kappa shape index (κ3) is 3.23. The largest absolute Gasteiger partial charge is 0.387 e. The first kappa shape index (κ1) is 14.5. The Balaban J connectivity index is 2.78. The van der Waals surface area contributed by atoms with Crippen molar-refractivity contribution in [2.75, 3.05) is 0 Å². The molecule has 0 aromatic carbocycles. The molecule has 3 N–H and O–H groups in total. The van der Waals surface area contributed by atoms with Gasteiger partial charge in [-0.05, 0) is 13.8 Å². The summed E-state index contributed by atoms with van der Waals surface area (Å²) in [6.07, 6.45) is -6.55. The van der Waals surface area contributed by atoms with Crippen LogP contribution < -0.4 is 0 Å². The number of carbonyl (C=O) groups is 1. The zero-order chi connectivity index (χ0) is 13.2. The van der Waals surface area contributed by atoms with Gasteiger partial charge >= 0.3 is 0 Å². The van der Waals surface area contributed by atoms with Gasteiger partial charge in [0.15, 0.2) is 12.1 Å². The van der Waals surface area contributed by atoms with Crippen LogP contribution in [0.25, 0.3) is 0 Å². The summed E-state index contributed by atoms with van der Waals surface area (Å²) in [4.78, 5) is 11.5. The maximum absolute atomic E-state index is 11.5. The van der Waals surface area contributed by atoms with Gasteiger partial charge in [-0.15, -0.1) is 0 Å².